The molecule has 9 nitrogen and oxygen atoms in total. The molecule has 0 spiro atoms. The number of anilines is 2. The van der Waals surface area contributed by atoms with E-state index in [-0.39, 0.29) is 17.8 Å². The van der Waals surface area contributed by atoms with E-state index in [9.17, 15) is 23.1 Å². The predicted octanol–water partition coefficient (Wildman–Crippen LogP) is 5.35. The molecule has 4 aromatic rings. The molecule has 3 N–H and O–H groups in total. The monoisotopic (exact) mass is 558 g/mol. The number of hydrogen-bond donors (Lipinski definition) is 3. The van der Waals surface area contributed by atoms with E-state index in [0.29, 0.717) is 42.9 Å². The Balaban J connectivity index is 1.25. The lowest BCUT2D eigenvalue weighted by atomic mass is 9.78. The Morgan fingerprint density at radius 3 is 2.72 bits per heavy atom. The first-order chi connectivity index (χ1) is 18.6. The van der Waals surface area contributed by atoms with Crippen molar-refractivity contribution >= 4 is 28.9 Å². The first-order valence-electron chi connectivity index (χ1n) is 12.2. The molecule has 13 heteroatoms. The van der Waals surface area contributed by atoms with Crippen LogP contribution in [-0.2, 0) is 23.1 Å². The van der Waals surface area contributed by atoms with Gasteiger partial charge < -0.3 is 20.3 Å². The first-order valence-corrected chi connectivity index (χ1v) is 13.0. The normalized spacial score (nSPS) is 19.6. The van der Waals surface area contributed by atoms with Gasteiger partial charge in [-0.15, -0.1) is 11.3 Å². The van der Waals surface area contributed by atoms with Crippen molar-refractivity contribution in [1.82, 2.24) is 25.4 Å². The van der Waals surface area contributed by atoms with Crippen LogP contribution in [0.2, 0.25) is 0 Å². The number of aromatic nitrogens is 4. The van der Waals surface area contributed by atoms with Crippen LogP contribution in [0.25, 0.3) is 10.4 Å². The molecule has 3 aromatic heterocycles. The minimum absolute atomic E-state index is 0.0670. The van der Waals surface area contributed by atoms with E-state index in [1.165, 1.54) is 17.6 Å². The Morgan fingerprint density at radius 1 is 1.21 bits per heavy atom. The van der Waals surface area contributed by atoms with Gasteiger partial charge in [-0.25, -0.2) is 15.0 Å². The van der Waals surface area contributed by atoms with Crippen molar-refractivity contribution in [1.29, 1.82) is 0 Å². The van der Waals surface area contributed by atoms with Crippen molar-refractivity contribution in [2.45, 2.75) is 50.9 Å². The summed E-state index contributed by atoms with van der Waals surface area (Å²) < 4.78 is 43.8. The summed E-state index contributed by atoms with van der Waals surface area (Å²) in [6.07, 6.45) is 3.04. The van der Waals surface area contributed by atoms with Crippen molar-refractivity contribution < 1.29 is 27.6 Å². The molecule has 1 fully saturated rings. The summed E-state index contributed by atoms with van der Waals surface area (Å²) in [5.74, 6) is -0.432. The maximum Gasteiger partial charge on any atom is 0.433 e. The van der Waals surface area contributed by atoms with Crippen LogP contribution in [0.4, 0.5) is 24.8 Å². The number of nitrogens with zero attached hydrogens (tertiary/aromatic N) is 4. The number of carbonyl (C=O) groups is 1. The zero-order chi connectivity index (χ0) is 27.6. The molecule has 0 unspecified atom stereocenters. The summed E-state index contributed by atoms with van der Waals surface area (Å²) in [6.45, 7) is 2.21. The second kappa shape index (κ2) is 10.7. The molecule has 1 aromatic carbocycles. The van der Waals surface area contributed by atoms with E-state index in [1.807, 2.05) is 13.0 Å². The second-order valence-corrected chi connectivity index (χ2v) is 10.6. The maximum atomic E-state index is 13.0. The molecule has 3 heterocycles. The molecule has 1 saturated carbocycles. The van der Waals surface area contributed by atoms with Crippen LogP contribution < -0.4 is 10.6 Å². The molecule has 204 valence electrons. The van der Waals surface area contributed by atoms with Gasteiger partial charge in [0.1, 0.15) is 22.6 Å². The number of thiazole rings is 1. The van der Waals surface area contributed by atoms with Gasteiger partial charge in [0.25, 0.3) is 0 Å². The van der Waals surface area contributed by atoms with Gasteiger partial charge in [-0.1, -0.05) is 11.2 Å². The predicted molar refractivity (Wildman–Crippen MR) is 137 cm³/mol. The van der Waals surface area contributed by atoms with E-state index >= 15 is 0 Å². The van der Waals surface area contributed by atoms with Crippen molar-refractivity contribution in [3.8, 4) is 10.4 Å². The van der Waals surface area contributed by atoms with E-state index in [0.717, 1.165) is 33.8 Å². The van der Waals surface area contributed by atoms with E-state index in [4.69, 9.17) is 4.52 Å². The highest BCUT2D eigenvalue weighted by molar-refractivity contribution is 7.15. The van der Waals surface area contributed by atoms with Crippen LogP contribution in [0, 0.1) is 12.8 Å². The number of aliphatic hydroxyl groups is 1. The van der Waals surface area contributed by atoms with Crippen LogP contribution >= 0.6 is 11.3 Å². The lowest BCUT2D eigenvalue weighted by molar-refractivity contribution is -0.141. The first kappa shape index (κ1) is 26.8. The van der Waals surface area contributed by atoms with E-state index in [1.54, 1.807) is 24.5 Å². The molecule has 1 amide bonds. The summed E-state index contributed by atoms with van der Waals surface area (Å²) in [5, 5.41) is 21.3. The molecule has 1 aliphatic carbocycles. The standard InChI is InChI=1S/C26H25F3N6O3S/c1-15-8-18(10-19(9-15)34-24-30-7-4-21(35-24)26(27,28)29)20-13-32-23(39-20)25(37)5-2-17(3-6-25)22(36)31-11-16-12-33-38-14-16/h4,7-10,12-14,17,37H,2-3,5-6,11H2,1H3,(H,31,36)(H,30,34,35)/t17-,25-. The van der Waals surface area contributed by atoms with Gasteiger partial charge in [-0.2, -0.15) is 13.2 Å². The minimum atomic E-state index is -4.57. The largest absolute Gasteiger partial charge is 0.433 e. The zero-order valence-corrected chi connectivity index (χ0v) is 21.6. The van der Waals surface area contributed by atoms with Gasteiger partial charge >= 0.3 is 6.18 Å². The lowest BCUT2D eigenvalue weighted by Gasteiger charge is -2.33. The van der Waals surface area contributed by atoms with E-state index in [2.05, 4.69) is 30.7 Å². The lowest BCUT2D eigenvalue weighted by Crippen LogP contribution is -2.38. The zero-order valence-electron chi connectivity index (χ0n) is 20.8. The second-order valence-electron chi connectivity index (χ2n) is 9.56. The van der Waals surface area contributed by atoms with Gasteiger partial charge in [0, 0.05) is 36.1 Å². The summed E-state index contributed by atoms with van der Waals surface area (Å²) >= 11 is 1.35. The Labute approximate surface area is 225 Å². The van der Waals surface area contributed by atoms with Gasteiger partial charge in [0.2, 0.25) is 11.9 Å². The molecule has 0 atom stereocenters. The molecular formula is C26H25F3N6O3S. The summed E-state index contributed by atoms with van der Waals surface area (Å²) in [4.78, 5) is 25.3. The number of hydrogen-bond acceptors (Lipinski definition) is 9. The number of benzene rings is 1. The molecule has 1 aliphatic rings. The fourth-order valence-electron chi connectivity index (χ4n) is 4.55. The molecule has 0 aliphatic heterocycles. The van der Waals surface area contributed by atoms with Crippen LogP contribution in [0.1, 0.15) is 47.5 Å². The molecule has 39 heavy (non-hydrogen) atoms. The van der Waals surface area contributed by atoms with Crippen LogP contribution in [0.15, 0.2) is 53.6 Å². The summed E-state index contributed by atoms with van der Waals surface area (Å²) in [6, 6.07) is 6.29. The Morgan fingerprint density at radius 2 is 2.00 bits per heavy atom. The van der Waals surface area contributed by atoms with Gasteiger partial charge in [-0.05, 0) is 61.9 Å². The van der Waals surface area contributed by atoms with Crippen molar-refractivity contribution in [3.63, 3.8) is 0 Å². The van der Waals surface area contributed by atoms with Gasteiger partial charge in [0.15, 0.2) is 0 Å². The third kappa shape index (κ3) is 6.25. The highest BCUT2D eigenvalue weighted by Gasteiger charge is 2.39. The summed E-state index contributed by atoms with van der Waals surface area (Å²) in [7, 11) is 0. The Kier molecular flexibility index (Phi) is 7.36. The molecule has 0 bridgehead atoms. The highest BCUT2D eigenvalue weighted by Crippen LogP contribution is 2.43. The van der Waals surface area contributed by atoms with Crippen molar-refractivity contribution in [2.24, 2.45) is 5.92 Å². The highest BCUT2D eigenvalue weighted by atomic mass is 32.1. The Bertz CT molecular complexity index is 1450. The topological polar surface area (TPSA) is 126 Å². The van der Waals surface area contributed by atoms with E-state index < -0.39 is 17.5 Å². The van der Waals surface area contributed by atoms with Gasteiger partial charge in [-0.3, -0.25) is 4.79 Å². The SMILES string of the molecule is Cc1cc(Nc2nccc(C(F)(F)F)n2)cc(-c2cnc([C@]3(O)CC[C@H](C(=O)NCc4cnoc4)CC3)s2)c1. The molecule has 5 rings (SSSR count). The van der Waals surface area contributed by atoms with Crippen LogP contribution in [0.5, 0.6) is 0 Å². The number of nitrogens with one attached hydrogen (secondary N) is 2. The maximum absolute atomic E-state index is 13.0. The van der Waals surface area contributed by atoms with Crippen molar-refractivity contribution in [3.05, 3.63) is 70.9 Å². The third-order valence-electron chi connectivity index (χ3n) is 6.60. The molecule has 0 radical (unpaired) electrons. The van der Waals surface area contributed by atoms with Crippen LogP contribution in [-0.4, -0.2) is 31.1 Å². The average Bonchev–Trinajstić information content (AvgIpc) is 3.60. The number of carbonyl (C=O) groups excluding carboxylic acids is 1. The van der Waals surface area contributed by atoms with Gasteiger partial charge in [0.05, 0.1) is 11.1 Å². The quantitative estimate of drug-likeness (QED) is 0.277. The molecule has 0 saturated heterocycles. The third-order valence-corrected chi connectivity index (χ3v) is 7.84. The number of alkyl halides is 3. The summed E-state index contributed by atoms with van der Waals surface area (Å²) in [5.41, 5.74) is 0.798. The smallest absolute Gasteiger partial charge is 0.383 e. The number of rotatable bonds is 7. The minimum Gasteiger partial charge on any atom is -0.383 e. The van der Waals surface area contributed by atoms with Crippen LogP contribution in [0.3, 0.4) is 0 Å². The molecular weight excluding hydrogens is 533 g/mol. The fourth-order valence-corrected chi connectivity index (χ4v) is 5.59. The fraction of sp³-hybridized carbons (Fsp3) is 0.346. The number of amides is 1. The average molecular weight is 559 g/mol. The number of aryl methyl sites for hydroxylation is 1. The van der Waals surface area contributed by atoms with Crippen molar-refractivity contribution in [2.75, 3.05) is 5.32 Å². The Hall–Kier alpha value is -3.84. The number of halogens is 3.